The van der Waals surface area contributed by atoms with Crippen molar-refractivity contribution in [3.63, 3.8) is 0 Å². The molecule has 7 heteroatoms. The van der Waals surface area contributed by atoms with Gasteiger partial charge in [-0.2, -0.15) is 0 Å². The van der Waals surface area contributed by atoms with Gasteiger partial charge in [0, 0.05) is 21.8 Å². The van der Waals surface area contributed by atoms with E-state index < -0.39 is 5.91 Å². The van der Waals surface area contributed by atoms with Crippen LogP contribution in [0.25, 0.3) is 16.8 Å². The number of rotatable bonds is 9. The number of benzene rings is 5. The van der Waals surface area contributed by atoms with Crippen LogP contribution >= 0.6 is 11.8 Å². The van der Waals surface area contributed by atoms with Gasteiger partial charge in [0.25, 0.3) is 11.8 Å². The molecule has 3 N–H and O–H groups in total. The highest BCUT2D eigenvalue weighted by molar-refractivity contribution is 8.00. The van der Waals surface area contributed by atoms with Crippen LogP contribution in [0.1, 0.15) is 27.0 Å². The minimum Gasteiger partial charge on any atom is -0.325 e. The van der Waals surface area contributed by atoms with Crippen LogP contribution in [0.15, 0.2) is 126 Å². The predicted octanol–water partition coefficient (Wildman–Crippen LogP) is 7.60. The molecule has 0 aliphatic carbocycles. The van der Waals surface area contributed by atoms with Gasteiger partial charge in [0.05, 0.1) is 5.75 Å². The molecule has 0 saturated heterocycles. The van der Waals surface area contributed by atoms with Crippen molar-refractivity contribution in [2.45, 2.75) is 18.7 Å². The maximum atomic E-state index is 13.5. The number of thioether (sulfide) groups is 1. The van der Waals surface area contributed by atoms with E-state index in [0.717, 1.165) is 32.5 Å². The van der Waals surface area contributed by atoms with Crippen LogP contribution < -0.4 is 16.0 Å². The zero-order chi connectivity index (χ0) is 30.2. The number of amides is 3. The summed E-state index contributed by atoms with van der Waals surface area (Å²) in [5.74, 6) is -0.677. The van der Waals surface area contributed by atoms with Gasteiger partial charge in [-0.3, -0.25) is 14.4 Å². The SMILES string of the molecule is Cc1ccc(NC(=O)CSc2ccc(NC(=O)/C(=C/c3cccc4ccccc34)NC(=O)c3ccccc3)cc2)cc1C. The molecule has 0 aromatic heterocycles. The molecule has 214 valence electrons. The fourth-order valence-electron chi connectivity index (χ4n) is 4.47. The average molecular weight is 586 g/mol. The number of aryl methyl sites for hydroxylation is 2. The monoisotopic (exact) mass is 585 g/mol. The molecule has 0 fully saturated rings. The zero-order valence-electron chi connectivity index (χ0n) is 23.9. The number of carbonyl (C=O) groups excluding carboxylic acids is 3. The molecule has 0 unspecified atom stereocenters. The van der Waals surface area contributed by atoms with Gasteiger partial charge in [0.1, 0.15) is 5.70 Å². The Hall–Kier alpha value is -5.14. The minimum absolute atomic E-state index is 0.0944. The van der Waals surface area contributed by atoms with E-state index in [9.17, 15) is 14.4 Å². The average Bonchev–Trinajstić information content (AvgIpc) is 3.02. The van der Waals surface area contributed by atoms with Crippen LogP contribution in [-0.2, 0) is 9.59 Å². The molecular formula is C36H31N3O3S. The molecule has 6 nitrogen and oxygen atoms in total. The summed E-state index contributed by atoms with van der Waals surface area (Å²) < 4.78 is 0. The third kappa shape index (κ3) is 7.78. The number of fused-ring (bicyclic) bond motifs is 1. The first-order valence-corrected chi connectivity index (χ1v) is 14.8. The van der Waals surface area contributed by atoms with E-state index in [1.54, 1.807) is 42.5 Å². The summed E-state index contributed by atoms with van der Waals surface area (Å²) in [6.45, 7) is 4.05. The molecule has 0 bridgehead atoms. The summed E-state index contributed by atoms with van der Waals surface area (Å²) >= 11 is 1.40. The molecular weight excluding hydrogens is 554 g/mol. The van der Waals surface area contributed by atoms with E-state index in [1.807, 2.05) is 92.7 Å². The number of nitrogens with one attached hydrogen (secondary N) is 3. The first kappa shape index (κ1) is 29.4. The highest BCUT2D eigenvalue weighted by Crippen LogP contribution is 2.23. The fraction of sp³-hybridized carbons (Fsp3) is 0.0833. The van der Waals surface area contributed by atoms with Crippen molar-refractivity contribution >= 4 is 57.7 Å². The van der Waals surface area contributed by atoms with Crippen molar-refractivity contribution in [3.8, 4) is 0 Å². The van der Waals surface area contributed by atoms with E-state index in [0.29, 0.717) is 11.3 Å². The topological polar surface area (TPSA) is 87.3 Å². The first-order valence-electron chi connectivity index (χ1n) is 13.8. The van der Waals surface area contributed by atoms with Crippen LogP contribution in [-0.4, -0.2) is 23.5 Å². The summed E-state index contributed by atoms with van der Waals surface area (Å²) in [6.07, 6.45) is 1.69. The number of hydrogen-bond acceptors (Lipinski definition) is 4. The molecule has 0 atom stereocenters. The molecule has 5 aromatic rings. The van der Waals surface area contributed by atoms with Gasteiger partial charge in [-0.15, -0.1) is 11.8 Å². The molecule has 5 rings (SSSR count). The summed E-state index contributed by atoms with van der Waals surface area (Å²) in [4.78, 5) is 39.9. The third-order valence-electron chi connectivity index (χ3n) is 6.92. The van der Waals surface area contributed by atoms with E-state index in [-0.39, 0.29) is 23.3 Å². The lowest BCUT2D eigenvalue weighted by Gasteiger charge is -2.13. The highest BCUT2D eigenvalue weighted by Gasteiger charge is 2.16. The van der Waals surface area contributed by atoms with Crippen LogP contribution in [0, 0.1) is 13.8 Å². The molecule has 0 aliphatic heterocycles. The normalized spacial score (nSPS) is 11.2. The second kappa shape index (κ2) is 13.7. The smallest absolute Gasteiger partial charge is 0.272 e. The molecule has 0 radical (unpaired) electrons. The van der Waals surface area contributed by atoms with Gasteiger partial charge in [-0.05, 0) is 95.9 Å². The molecule has 3 amide bonds. The number of hydrogen-bond donors (Lipinski definition) is 3. The maximum Gasteiger partial charge on any atom is 0.272 e. The number of carbonyl (C=O) groups is 3. The molecule has 0 aliphatic rings. The number of anilines is 2. The summed E-state index contributed by atoms with van der Waals surface area (Å²) in [5.41, 5.74) is 5.01. The van der Waals surface area contributed by atoms with Gasteiger partial charge in [-0.25, -0.2) is 0 Å². The first-order chi connectivity index (χ1) is 20.9. The third-order valence-corrected chi connectivity index (χ3v) is 7.94. The summed E-state index contributed by atoms with van der Waals surface area (Å²) in [6, 6.07) is 35.6. The Morgan fingerprint density at radius 3 is 2.16 bits per heavy atom. The second-order valence-corrected chi connectivity index (χ2v) is 11.1. The fourth-order valence-corrected chi connectivity index (χ4v) is 5.17. The van der Waals surface area contributed by atoms with Crippen molar-refractivity contribution in [1.29, 1.82) is 0 Å². The zero-order valence-corrected chi connectivity index (χ0v) is 24.7. The van der Waals surface area contributed by atoms with Gasteiger partial charge in [0.15, 0.2) is 0 Å². The summed E-state index contributed by atoms with van der Waals surface area (Å²) in [7, 11) is 0. The van der Waals surface area contributed by atoms with Crippen molar-refractivity contribution in [1.82, 2.24) is 5.32 Å². The minimum atomic E-state index is -0.453. The lowest BCUT2D eigenvalue weighted by atomic mass is 10.0. The van der Waals surface area contributed by atoms with E-state index >= 15 is 0 Å². The molecule has 43 heavy (non-hydrogen) atoms. The standard InChI is InChI=1S/C36H31N3O3S/c1-24-15-16-30(21-25(24)2)37-34(40)23-43-31-19-17-29(18-20-31)38-36(42)33(39-35(41)27-10-4-3-5-11-27)22-28-13-8-12-26-9-6-7-14-32(26)28/h3-22H,23H2,1-2H3,(H,37,40)(H,38,42)(H,39,41)/b33-22-. The van der Waals surface area contributed by atoms with Crippen molar-refractivity contribution in [2.75, 3.05) is 16.4 Å². The largest absolute Gasteiger partial charge is 0.325 e. The predicted molar refractivity (Wildman–Crippen MR) is 176 cm³/mol. The molecule has 0 spiro atoms. The van der Waals surface area contributed by atoms with Crippen LogP contribution in [0.2, 0.25) is 0 Å². The van der Waals surface area contributed by atoms with E-state index in [4.69, 9.17) is 0 Å². The molecule has 0 heterocycles. The Morgan fingerprint density at radius 2 is 1.40 bits per heavy atom. The Bertz CT molecular complexity index is 1810. The molecule has 0 saturated carbocycles. The van der Waals surface area contributed by atoms with Crippen molar-refractivity contribution in [3.05, 3.63) is 143 Å². The van der Waals surface area contributed by atoms with Crippen LogP contribution in [0.5, 0.6) is 0 Å². The van der Waals surface area contributed by atoms with Crippen molar-refractivity contribution in [2.24, 2.45) is 0 Å². The van der Waals surface area contributed by atoms with E-state index in [1.165, 1.54) is 17.3 Å². The molecule has 5 aromatic carbocycles. The second-order valence-electron chi connectivity index (χ2n) is 10.1. The quantitative estimate of drug-likeness (QED) is 0.123. The Morgan fingerprint density at radius 1 is 0.698 bits per heavy atom. The van der Waals surface area contributed by atoms with Gasteiger partial charge >= 0.3 is 0 Å². The summed E-state index contributed by atoms with van der Waals surface area (Å²) in [5, 5.41) is 10.6. The maximum absolute atomic E-state index is 13.5. The van der Waals surface area contributed by atoms with Gasteiger partial charge in [0.2, 0.25) is 5.91 Å². The Balaban J connectivity index is 1.28. The lowest BCUT2D eigenvalue weighted by molar-refractivity contribution is -0.114. The van der Waals surface area contributed by atoms with Crippen molar-refractivity contribution < 1.29 is 14.4 Å². The van der Waals surface area contributed by atoms with Crippen LogP contribution in [0.4, 0.5) is 11.4 Å². The lowest BCUT2D eigenvalue weighted by Crippen LogP contribution is -2.30. The van der Waals surface area contributed by atoms with Gasteiger partial charge < -0.3 is 16.0 Å². The Kier molecular flexibility index (Phi) is 9.34. The Labute approximate surface area is 255 Å². The van der Waals surface area contributed by atoms with Gasteiger partial charge in [-0.1, -0.05) is 66.7 Å². The van der Waals surface area contributed by atoms with Crippen LogP contribution in [0.3, 0.4) is 0 Å². The highest BCUT2D eigenvalue weighted by atomic mass is 32.2. The van der Waals surface area contributed by atoms with E-state index in [2.05, 4.69) is 16.0 Å².